The Morgan fingerprint density at radius 3 is 2.41 bits per heavy atom. The first kappa shape index (κ1) is 17.0. The third kappa shape index (κ3) is 5.42. The molecule has 1 aliphatic carbocycles. The number of carboxylic acid groups (broad SMARTS) is 1. The average molecular weight is 325 g/mol. The minimum Gasteiger partial charge on any atom is -0.480 e. The molecule has 122 valence electrons. The average Bonchev–Trinajstić information content (AvgIpc) is 2.48. The van der Waals surface area contributed by atoms with Crippen LogP contribution in [-0.2, 0) is 20.6 Å². The molecule has 0 aromatic heterocycles. The summed E-state index contributed by atoms with van der Waals surface area (Å²) in [5.41, 5.74) is 0.650. The van der Waals surface area contributed by atoms with Crippen LogP contribution in [0.5, 0.6) is 0 Å². The normalized spacial score (nSPS) is 18.0. The molecule has 2 rings (SSSR count). The van der Waals surface area contributed by atoms with E-state index in [1.54, 1.807) is 24.3 Å². The molecular formula is C16H23NO4S. The Hall–Kier alpha value is -1.40. The lowest BCUT2D eigenvalue weighted by Crippen LogP contribution is -2.42. The van der Waals surface area contributed by atoms with E-state index in [0.29, 0.717) is 17.9 Å². The standard InChI is InChI=1S/C16H23NO4S/c18-16(19)15(11-13-7-3-1-4-8-13)17-22(20,21)12-14-9-5-2-6-10-14/h2,5-6,9-10,13,15,17H,1,3-4,7-8,11-12H2,(H,18,19)/t15-/m1/s1. The van der Waals surface area contributed by atoms with Gasteiger partial charge in [0.2, 0.25) is 10.0 Å². The van der Waals surface area contributed by atoms with Gasteiger partial charge in [-0.25, -0.2) is 13.1 Å². The van der Waals surface area contributed by atoms with Crippen molar-refractivity contribution in [1.82, 2.24) is 4.72 Å². The van der Waals surface area contributed by atoms with Crippen LogP contribution in [0.3, 0.4) is 0 Å². The second-order valence-corrected chi connectivity index (χ2v) is 7.75. The number of aliphatic carboxylic acids is 1. The molecule has 1 aliphatic rings. The van der Waals surface area contributed by atoms with E-state index in [4.69, 9.17) is 0 Å². The van der Waals surface area contributed by atoms with Gasteiger partial charge in [-0.1, -0.05) is 62.4 Å². The molecule has 1 aromatic carbocycles. The summed E-state index contributed by atoms with van der Waals surface area (Å²) in [4.78, 5) is 11.4. The van der Waals surface area contributed by atoms with Crippen molar-refractivity contribution in [2.45, 2.75) is 50.3 Å². The van der Waals surface area contributed by atoms with Crippen molar-refractivity contribution in [2.75, 3.05) is 0 Å². The van der Waals surface area contributed by atoms with E-state index in [2.05, 4.69) is 4.72 Å². The molecule has 1 atom stereocenters. The summed E-state index contributed by atoms with van der Waals surface area (Å²) in [6.45, 7) is 0. The fraction of sp³-hybridized carbons (Fsp3) is 0.562. The highest BCUT2D eigenvalue weighted by atomic mass is 32.2. The van der Waals surface area contributed by atoms with Crippen LogP contribution < -0.4 is 4.72 Å². The van der Waals surface area contributed by atoms with Crippen molar-refractivity contribution in [3.63, 3.8) is 0 Å². The van der Waals surface area contributed by atoms with Gasteiger partial charge in [-0.2, -0.15) is 0 Å². The molecule has 0 radical (unpaired) electrons. The third-order valence-electron chi connectivity index (χ3n) is 4.11. The Bertz CT molecular complexity index is 579. The fourth-order valence-electron chi connectivity index (χ4n) is 3.01. The maximum absolute atomic E-state index is 12.2. The highest BCUT2D eigenvalue weighted by Crippen LogP contribution is 2.27. The lowest BCUT2D eigenvalue weighted by atomic mass is 9.85. The summed E-state index contributed by atoms with van der Waals surface area (Å²) in [6.07, 6.45) is 5.76. The number of hydrogen-bond acceptors (Lipinski definition) is 3. The van der Waals surface area contributed by atoms with Gasteiger partial charge in [-0.05, 0) is 17.9 Å². The second-order valence-electron chi connectivity index (χ2n) is 5.99. The van der Waals surface area contributed by atoms with Crippen molar-refractivity contribution >= 4 is 16.0 Å². The predicted octanol–water partition coefficient (Wildman–Crippen LogP) is 2.53. The smallest absolute Gasteiger partial charge is 0.321 e. The van der Waals surface area contributed by atoms with E-state index in [1.807, 2.05) is 6.07 Å². The molecule has 0 unspecified atom stereocenters. The van der Waals surface area contributed by atoms with Crippen molar-refractivity contribution in [3.05, 3.63) is 35.9 Å². The molecule has 0 bridgehead atoms. The third-order valence-corrected chi connectivity index (χ3v) is 5.47. The molecule has 1 saturated carbocycles. The molecule has 0 amide bonds. The van der Waals surface area contributed by atoms with E-state index < -0.39 is 22.0 Å². The summed E-state index contributed by atoms with van der Waals surface area (Å²) in [7, 11) is -3.66. The Labute approximate surface area is 131 Å². The first-order valence-corrected chi connectivity index (χ1v) is 9.38. The van der Waals surface area contributed by atoms with Gasteiger partial charge in [0.25, 0.3) is 0 Å². The summed E-state index contributed by atoms with van der Waals surface area (Å²) < 4.78 is 26.7. The Kier molecular flexibility index (Phi) is 5.97. The van der Waals surface area contributed by atoms with Gasteiger partial charge in [-0.3, -0.25) is 4.79 Å². The minimum atomic E-state index is -3.66. The highest BCUT2D eigenvalue weighted by molar-refractivity contribution is 7.88. The van der Waals surface area contributed by atoms with Crippen LogP contribution in [0.15, 0.2) is 30.3 Å². The Morgan fingerprint density at radius 2 is 1.82 bits per heavy atom. The van der Waals surface area contributed by atoms with Gasteiger partial charge in [0, 0.05) is 0 Å². The number of nitrogens with one attached hydrogen (secondary N) is 1. The summed E-state index contributed by atoms with van der Waals surface area (Å²) in [5.74, 6) is -0.987. The van der Waals surface area contributed by atoms with E-state index in [0.717, 1.165) is 25.7 Å². The van der Waals surface area contributed by atoms with E-state index in [-0.39, 0.29) is 5.75 Å². The number of sulfonamides is 1. The van der Waals surface area contributed by atoms with Gasteiger partial charge in [0.1, 0.15) is 6.04 Å². The lowest BCUT2D eigenvalue weighted by molar-refractivity contribution is -0.139. The number of carbonyl (C=O) groups is 1. The van der Waals surface area contributed by atoms with Gasteiger partial charge in [-0.15, -0.1) is 0 Å². The minimum absolute atomic E-state index is 0.192. The van der Waals surface area contributed by atoms with Crippen LogP contribution in [0.1, 0.15) is 44.1 Å². The van der Waals surface area contributed by atoms with Gasteiger partial charge in [0.15, 0.2) is 0 Å². The molecule has 0 saturated heterocycles. The molecule has 1 fully saturated rings. The summed E-state index contributed by atoms with van der Waals surface area (Å²) in [6, 6.07) is 7.75. The highest BCUT2D eigenvalue weighted by Gasteiger charge is 2.28. The van der Waals surface area contributed by atoms with E-state index >= 15 is 0 Å². The molecule has 1 aromatic rings. The summed E-state index contributed by atoms with van der Waals surface area (Å²) >= 11 is 0. The number of rotatable bonds is 7. The van der Waals surface area contributed by atoms with E-state index in [9.17, 15) is 18.3 Å². The number of benzene rings is 1. The SMILES string of the molecule is O=C(O)[C@@H](CC1CCCCC1)NS(=O)(=O)Cc1ccccc1. The Balaban J connectivity index is 1.98. The maximum atomic E-state index is 12.2. The van der Waals surface area contributed by atoms with Crippen LogP contribution in [0.25, 0.3) is 0 Å². The summed E-state index contributed by atoms with van der Waals surface area (Å²) in [5, 5.41) is 9.31. The maximum Gasteiger partial charge on any atom is 0.321 e. The molecule has 0 spiro atoms. The zero-order valence-electron chi connectivity index (χ0n) is 12.6. The topological polar surface area (TPSA) is 83.5 Å². The first-order chi connectivity index (χ1) is 10.5. The van der Waals surface area contributed by atoms with Crippen LogP contribution in [0.2, 0.25) is 0 Å². The van der Waals surface area contributed by atoms with Crippen LogP contribution in [0, 0.1) is 5.92 Å². The molecule has 5 nitrogen and oxygen atoms in total. The fourth-order valence-corrected chi connectivity index (χ4v) is 4.35. The van der Waals surface area contributed by atoms with Crippen molar-refractivity contribution < 1.29 is 18.3 Å². The Morgan fingerprint density at radius 1 is 1.18 bits per heavy atom. The molecular weight excluding hydrogens is 302 g/mol. The molecule has 6 heteroatoms. The monoisotopic (exact) mass is 325 g/mol. The second kappa shape index (κ2) is 7.74. The zero-order valence-corrected chi connectivity index (χ0v) is 13.4. The zero-order chi connectivity index (χ0) is 16.0. The van der Waals surface area contributed by atoms with Crippen LogP contribution >= 0.6 is 0 Å². The van der Waals surface area contributed by atoms with Crippen molar-refractivity contribution in [3.8, 4) is 0 Å². The number of carboxylic acids is 1. The molecule has 0 aliphatic heterocycles. The van der Waals surface area contributed by atoms with E-state index in [1.165, 1.54) is 6.42 Å². The van der Waals surface area contributed by atoms with Crippen molar-refractivity contribution in [2.24, 2.45) is 5.92 Å². The van der Waals surface area contributed by atoms with Crippen molar-refractivity contribution in [1.29, 1.82) is 0 Å². The number of hydrogen-bond donors (Lipinski definition) is 2. The molecule has 0 heterocycles. The molecule has 22 heavy (non-hydrogen) atoms. The quantitative estimate of drug-likeness (QED) is 0.807. The van der Waals surface area contributed by atoms with Gasteiger partial charge >= 0.3 is 5.97 Å². The largest absolute Gasteiger partial charge is 0.480 e. The first-order valence-electron chi connectivity index (χ1n) is 7.73. The van der Waals surface area contributed by atoms with Crippen LogP contribution in [0.4, 0.5) is 0 Å². The predicted molar refractivity (Wildman–Crippen MR) is 84.8 cm³/mol. The lowest BCUT2D eigenvalue weighted by Gasteiger charge is -2.25. The van der Waals surface area contributed by atoms with Gasteiger partial charge in [0.05, 0.1) is 5.75 Å². The van der Waals surface area contributed by atoms with Crippen LogP contribution in [-0.4, -0.2) is 25.5 Å². The van der Waals surface area contributed by atoms with Gasteiger partial charge < -0.3 is 5.11 Å². The molecule has 2 N–H and O–H groups in total.